The summed E-state index contributed by atoms with van der Waals surface area (Å²) >= 11 is 6.94. The van der Waals surface area contributed by atoms with Crippen LogP contribution in [-0.4, -0.2) is 9.55 Å². The number of hydrogen-bond donors (Lipinski definition) is 0. The fourth-order valence-electron chi connectivity index (χ4n) is 1.94. The lowest BCUT2D eigenvalue weighted by molar-refractivity contribution is 0.733. The van der Waals surface area contributed by atoms with Gasteiger partial charge in [-0.05, 0) is 24.3 Å². The molecule has 0 N–H and O–H groups in total. The van der Waals surface area contributed by atoms with Crippen molar-refractivity contribution in [2.75, 3.05) is 0 Å². The highest BCUT2D eigenvalue weighted by molar-refractivity contribution is 7.16. The van der Waals surface area contributed by atoms with E-state index in [4.69, 9.17) is 11.6 Å². The topological polar surface area (TPSA) is 52.0 Å². The second-order valence-corrected chi connectivity index (χ2v) is 5.65. The molecule has 6 heteroatoms. The molecule has 0 aliphatic carbocycles. The first-order valence-electron chi connectivity index (χ1n) is 5.88. The van der Waals surface area contributed by atoms with Crippen molar-refractivity contribution in [2.24, 2.45) is 0 Å². The van der Waals surface area contributed by atoms with Crippen LogP contribution in [-0.2, 0) is 6.54 Å². The van der Waals surface area contributed by atoms with Crippen molar-refractivity contribution in [3.63, 3.8) is 0 Å². The fourth-order valence-corrected chi connectivity index (χ4v) is 2.98. The Bertz CT molecular complexity index is 901. The third kappa shape index (κ3) is 2.37. The molecule has 100 valence electrons. The van der Waals surface area contributed by atoms with E-state index < -0.39 is 0 Å². The van der Waals surface area contributed by atoms with Crippen molar-refractivity contribution in [2.45, 2.75) is 6.54 Å². The van der Waals surface area contributed by atoms with E-state index in [1.165, 1.54) is 4.57 Å². The number of aromatic nitrogens is 2. The van der Waals surface area contributed by atoms with Gasteiger partial charge in [-0.15, -0.1) is 0 Å². The van der Waals surface area contributed by atoms with E-state index >= 15 is 0 Å². The number of halogens is 1. The second kappa shape index (κ2) is 5.19. The zero-order valence-corrected chi connectivity index (χ0v) is 11.8. The number of benzene rings is 1. The summed E-state index contributed by atoms with van der Waals surface area (Å²) in [5, 5.41) is 1.07. The van der Waals surface area contributed by atoms with Crippen molar-refractivity contribution in [1.82, 2.24) is 9.55 Å². The van der Waals surface area contributed by atoms with Gasteiger partial charge in [0.2, 0.25) is 0 Å². The zero-order chi connectivity index (χ0) is 14.1. The summed E-state index contributed by atoms with van der Waals surface area (Å²) in [6.45, 7) is 0.125. The van der Waals surface area contributed by atoms with E-state index in [2.05, 4.69) is 4.98 Å². The lowest BCUT2D eigenvalue weighted by atomic mass is 10.3. The lowest BCUT2D eigenvalue weighted by Crippen LogP contribution is -2.31. The average Bonchev–Trinajstić information content (AvgIpc) is 2.43. The fraction of sp³-hybridized carbons (Fsp3) is 0.0714. The third-order valence-corrected chi connectivity index (χ3v) is 4.09. The number of fused-ring (bicyclic) bond motifs is 1. The van der Waals surface area contributed by atoms with Crippen molar-refractivity contribution in [1.29, 1.82) is 0 Å². The maximum Gasteiger partial charge on any atom is 0.310 e. The van der Waals surface area contributed by atoms with Gasteiger partial charge in [-0.25, -0.2) is 0 Å². The minimum Gasteiger partial charge on any atom is -0.269 e. The Hall–Kier alpha value is -1.98. The van der Waals surface area contributed by atoms with Crippen molar-refractivity contribution in [3.05, 3.63) is 73.3 Å². The van der Waals surface area contributed by atoms with Crippen LogP contribution in [0.5, 0.6) is 0 Å². The molecule has 20 heavy (non-hydrogen) atoms. The first-order valence-corrected chi connectivity index (χ1v) is 7.08. The SMILES string of the molecule is O=c1sc2ccccc2c(=O)n1Cc1cc(Cl)ccn1. The Morgan fingerprint density at radius 1 is 1.20 bits per heavy atom. The molecule has 1 aromatic carbocycles. The molecular weight excluding hydrogens is 296 g/mol. The Morgan fingerprint density at radius 2 is 2.00 bits per heavy atom. The summed E-state index contributed by atoms with van der Waals surface area (Å²) in [6, 6.07) is 10.4. The van der Waals surface area contributed by atoms with Crippen LogP contribution in [0.2, 0.25) is 5.02 Å². The number of pyridine rings is 1. The molecule has 3 rings (SSSR count). The smallest absolute Gasteiger partial charge is 0.269 e. The molecule has 0 spiro atoms. The van der Waals surface area contributed by atoms with Crippen LogP contribution in [0.1, 0.15) is 5.69 Å². The molecular formula is C14H9ClN2O2S. The van der Waals surface area contributed by atoms with Gasteiger partial charge in [-0.3, -0.25) is 19.1 Å². The van der Waals surface area contributed by atoms with Crippen LogP contribution in [0.3, 0.4) is 0 Å². The number of nitrogens with zero attached hydrogens (tertiary/aromatic N) is 2. The van der Waals surface area contributed by atoms with Gasteiger partial charge in [0.25, 0.3) is 5.56 Å². The second-order valence-electron chi connectivity index (χ2n) is 4.22. The van der Waals surface area contributed by atoms with Gasteiger partial charge < -0.3 is 0 Å². The third-order valence-electron chi connectivity index (χ3n) is 2.88. The molecule has 0 amide bonds. The molecule has 0 fully saturated rings. The molecule has 2 aromatic heterocycles. The molecule has 0 unspecified atom stereocenters. The lowest BCUT2D eigenvalue weighted by Gasteiger charge is -2.05. The number of hydrogen-bond acceptors (Lipinski definition) is 4. The highest BCUT2D eigenvalue weighted by Crippen LogP contribution is 2.12. The molecule has 0 atom stereocenters. The number of rotatable bonds is 2. The van der Waals surface area contributed by atoms with Crippen LogP contribution in [0.4, 0.5) is 0 Å². The molecule has 0 radical (unpaired) electrons. The predicted molar refractivity (Wildman–Crippen MR) is 80.7 cm³/mol. The normalized spacial score (nSPS) is 10.8. The summed E-state index contributed by atoms with van der Waals surface area (Å²) in [7, 11) is 0. The van der Waals surface area contributed by atoms with Crippen LogP contribution >= 0.6 is 22.9 Å². The maximum atomic E-state index is 12.3. The Labute approximate surface area is 122 Å². The Kier molecular flexibility index (Phi) is 3.38. The first-order chi connectivity index (χ1) is 9.65. The van der Waals surface area contributed by atoms with Gasteiger partial charge in [0.1, 0.15) is 0 Å². The van der Waals surface area contributed by atoms with Crippen molar-refractivity contribution < 1.29 is 0 Å². The van der Waals surface area contributed by atoms with Crippen molar-refractivity contribution in [3.8, 4) is 0 Å². The molecule has 0 saturated carbocycles. The largest absolute Gasteiger partial charge is 0.310 e. The quantitative estimate of drug-likeness (QED) is 0.731. The Balaban J connectivity index is 2.17. The molecule has 3 aromatic rings. The van der Waals surface area contributed by atoms with Gasteiger partial charge in [0.05, 0.1) is 17.6 Å². The zero-order valence-electron chi connectivity index (χ0n) is 10.2. The van der Waals surface area contributed by atoms with E-state index in [0.717, 1.165) is 11.3 Å². The van der Waals surface area contributed by atoms with Crippen molar-refractivity contribution >= 4 is 33.0 Å². The summed E-state index contributed by atoms with van der Waals surface area (Å²) < 4.78 is 1.88. The van der Waals surface area contributed by atoms with Crippen LogP contribution in [0.25, 0.3) is 10.1 Å². The predicted octanol–water partition coefficient (Wildman–Crippen LogP) is 2.52. The first kappa shape index (κ1) is 13.0. The summed E-state index contributed by atoms with van der Waals surface area (Å²) in [5.74, 6) is 0. The van der Waals surface area contributed by atoms with Crippen LogP contribution in [0, 0.1) is 0 Å². The monoisotopic (exact) mass is 304 g/mol. The molecule has 0 saturated heterocycles. The highest BCUT2D eigenvalue weighted by Gasteiger charge is 2.09. The van der Waals surface area contributed by atoms with Crippen LogP contribution < -0.4 is 10.4 Å². The highest BCUT2D eigenvalue weighted by atomic mass is 35.5. The van der Waals surface area contributed by atoms with Gasteiger partial charge in [0, 0.05) is 15.9 Å². The van der Waals surface area contributed by atoms with E-state index in [0.29, 0.717) is 20.8 Å². The molecule has 2 heterocycles. The minimum absolute atomic E-state index is 0.125. The van der Waals surface area contributed by atoms with E-state index in [1.807, 2.05) is 0 Å². The van der Waals surface area contributed by atoms with Gasteiger partial charge >= 0.3 is 4.87 Å². The molecule has 0 bridgehead atoms. The van der Waals surface area contributed by atoms with Crippen LogP contribution in [0.15, 0.2) is 52.2 Å². The average molecular weight is 305 g/mol. The van der Waals surface area contributed by atoms with E-state index in [-0.39, 0.29) is 17.0 Å². The molecule has 4 nitrogen and oxygen atoms in total. The summed E-state index contributed by atoms with van der Waals surface area (Å²) in [5.41, 5.74) is 0.283. The van der Waals surface area contributed by atoms with Gasteiger partial charge in [-0.1, -0.05) is 35.1 Å². The van der Waals surface area contributed by atoms with E-state index in [1.54, 1.807) is 42.6 Å². The molecule has 0 aliphatic rings. The van der Waals surface area contributed by atoms with Gasteiger partial charge in [0.15, 0.2) is 0 Å². The minimum atomic E-state index is -0.300. The van der Waals surface area contributed by atoms with Gasteiger partial charge in [-0.2, -0.15) is 0 Å². The molecule has 0 aliphatic heterocycles. The van der Waals surface area contributed by atoms with E-state index in [9.17, 15) is 9.59 Å². The Morgan fingerprint density at radius 3 is 2.80 bits per heavy atom. The summed E-state index contributed by atoms with van der Waals surface area (Å²) in [4.78, 5) is 28.2. The standard InChI is InChI=1S/C14H9ClN2O2S/c15-9-5-6-16-10(7-9)8-17-13(18)11-3-1-2-4-12(11)20-14(17)19/h1-7H,8H2. The summed E-state index contributed by atoms with van der Waals surface area (Å²) in [6.07, 6.45) is 1.55. The maximum absolute atomic E-state index is 12.3.